The summed E-state index contributed by atoms with van der Waals surface area (Å²) in [6.45, 7) is 0. The fraction of sp³-hybridized carbons (Fsp3) is 0. The molecule has 0 unspecified atom stereocenters. The largest absolute Gasteiger partial charge is 0.277 e. The molecule has 2 aromatic carbocycles. The molecule has 16 heavy (non-hydrogen) atoms. The van der Waals surface area contributed by atoms with Gasteiger partial charge in [0.2, 0.25) is 0 Å². The zero-order valence-corrected chi connectivity index (χ0v) is 9.85. The summed E-state index contributed by atoms with van der Waals surface area (Å²) < 4.78 is 0.906. The van der Waals surface area contributed by atoms with E-state index in [1.807, 2.05) is 24.3 Å². The highest BCUT2D eigenvalue weighted by atomic mass is 79.9. The van der Waals surface area contributed by atoms with Crippen LogP contribution in [-0.2, 0) is 0 Å². The summed E-state index contributed by atoms with van der Waals surface area (Å²) in [7, 11) is 0. The number of para-hydroxylation sites is 1. The summed E-state index contributed by atoms with van der Waals surface area (Å²) in [5.41, 5.74) is 1.59. The first-order valence-electron chi connectivity index (χ1n) is 4.68. The number of hydrogen-bond donors (Lipinski definition) is 0. The summed E-state index contributed by atoms with van der Waals surface area (Å²) >= 11 is 3.35. The molecule has 0 aromatic heterocycles. The van der Waals surface area contributed by atoms with Gasteiger partial charge in [0.05, 0.1) is 10.5 Å². The summed E-state index contributed by atoms with van der Waals surface area (Å²) in [6, 6.07) is 14.2. The molecule has 0 fully saturated rings. The third kappa shape index (κ3) is 2.12. The van der Waals surface area contributed by atoms with Crippen LogP contribution in [-0.4, -0.2) is 4.92 Å². The van der Waals surface area contributed by atoms with Crippen LogP contribution < -0.4 is 0 Å². The quantitative estimate of drug-likeness (QED) is 0.615. The van der Waals surface area contributed by atoms with E-state index in [9.17, 15) is 10.1 Å². The average molecular weight is 278 g/mol. The maximum atomic E-state index is 10.9. The lowest BCUT2D eigenvalue weighted by molar-refractivity contribution is -0.384. The number of halogens is 1. The van der Waals surface area contributed by atoms with Gasteiger partial charge in [-0.2, -0.15) is 0 Å². The summed E-state index contributed by atoms with van der Waals surface area (Å²) in [4.78, 5) is 10.5. The minimum absolute atomic E-state index is 0.126. The van der Waals surface area contributed by atoms with Crippen molar-refractivity contribution in [2.75, 3.05) is 0 Å². The minimum atomic E-state index is -0.365. The molecule has 0 radical (unpaired) electrons. The van der Waals surface area contributed by atoms with E-state index in [4.69, 9.17) is 0 Å². The number of nitro benzene ring substituents is 1. The van der Waals surface area contributed by atoms with Crippen molar-refractivity contribution in [3.8, 4) is 11.1 Å². The predicted octanol–water partition coefficient (Wildman–Crippen LogP) is 4.02. The number of nitro groups is 1. The highest BCUT2D eigenvalue weighted by molar-refractivity contribution is 9.10. The summed E-state index contributed by atoms with van der Waals surface area (Å²) in [6.07, 6.45) is 0. The second-order valence-corrected chi connectivity index (χ2v) is 4.20. The van der Waals surface area contributed by atoms with Gasteiger partial charge in [-0.3, -0.25) is 10.1 Å². The molecule has 0 saturated heterocycles. The van der Waals surface area contributed by atoms with Crippen LogP contribution in [0.1, 0.15) is 0 Å². The Balaban J connectivity index is 2.60. The van der Waals surface area contributed by atoms with Gasteiger partial charge in [0.15, 0.2) is 0 Å². The highest BCUT2D eigenvalue weighted by Crippen LogP contribution is 2.30. The molecule has 0 heterocycles. The Labute approximate surface area is 101 Å². The Morgan fingerprint density at radius 3 is 2.50 bits per heavy atom. The molecule has 0 spiro atoms. The second-order valence-electron chi connectivity index (χ2n) is 3.28. The molecule has 0 aliphatic heterocycles. The Bertz CT molecular complexity index is 540. The Kier molecular flexibility index (Phi) is 3.01. The molecule has 0 saturated carbocycles. The van der Waals surface area contributed by atoms with E-state index in [2.05, 4.69) is 15.9 Å². The van der Waals surface area contributed by atoms with Crippen LogP contribution in [0.2, 0.25) is 0 Å². The van der Waals surface area contributed by atoms with E-state index in [1.165, 1.54) is 6.07 Å². The van der Waals surface area contributed by atoms with Crippen LogP contribution in [0.4, 0.5) is 5.69 Å². The normalized spacial score (nSPS) is 10.1. The molecule has 0 atom stereocenters. The Morgan fingerprint density at radius 1 is 1.06 bits per heavy atom. The minimum Gasteiger partial charge on any atom is -0.258 e. The Hall–Kier alpha value is -1.68. The van der Waals surface area contributed by atoms with E-state index in [0.717, 1.165) is 10.0 Å². The van der Waals surface area contributed by atoms with E-state index in [1.54, 1.807) is 18.2 Å². The molecule has 3 nitrogen and oxygen atoms in total. The monoisotopic (exact) mass is 277 g/mol. The van der Waals surface area contributed by atoms with Crippen LogP contribution in [0, 0.1) is 10.1 Å². The van der Waals surface area contributed by atoms with Gasteiger partial charge < -0.3 is 0 Å². The SMILES string of the molecule is O=[N+]([O-])c1ccccc1-c1cccc(Br)c1. The number of rotatable bonds is 2. The third-order valence-electron chi connectivity index (χ3n) is 2.24. The van der Waals surface area contributed by atoms with E-state index < -0.39 is 0 Å². The fourth-order valence-corrected chi connectivity index (χ4v) is 1.93. The molecule has 2 aromatic rings. The van der Waals surface area contributed by atoms with Crippen LogP contribution in [0.3, 0.4) is 0 Å². The van der Waals surface area contributed by atoms with Crippen molar-refractivity contribution in [2.45, 2.75) is 0 Å². The van der Waals surface area contributed by atoms with Gasteiger partial charge >= 0.3 is 0 Å². The van der Waals surface area contributed by atoms with Gasteiger partial charge in [-0.15, -0.1) is 0 Å². The van der Waals surface area contributed by atoms with Crippen LogP contribution in [0.25, 0.3) is 11.1 Å². The standard InChI is InChI=1S/C12H8BrNO2/c13-10-5-3-4-9(8-10)11-6-1-2-7-12(11)14(15)16/h1-8H. The average Bonchev–Trinajstić information content (AvgIpc) is 2.29. The van der Waals surface area contributed by atoms with Crippen molar-refractivity contribution < 1.29 is 4.92 Å². The van der Waals surface area contributed by atoms with Gasteiger partial charge in [0.25, 0.3) is 5.69 Å². The molecule has 0 bridgehead atoms. The molecule has 4 heteroatoms. The smallest absolute Gasteiger partial charge is 0.258 e. The third-order valence-corrected chi connectivity index (χ3v) is 2.73. The van der Waals surface area contributed by atoms with Crippen LogP contribution in [0.15, 0.2) is 53.0 Å². The molecule has 0 aliphatic rings. The fourth-order valence-electron chi connectivity index (χ4n) is 1.53. The molecule has 0 amide bonds. The molecular weight excluding hydrogens is 270 g/mol. The maximum absolute atomic E-state index is 10.9. The van der Waals surface area contributed by atoms with Gasteiger partial charge in [-0.05, 0) is 23.8 Å². The lowest BCUT2D eigenvalue weighted by Crippen LogP contribution is -1.91. The van der Waals surface area contributed by atoms with Gasteiger partial charge in [-0.1, -0.05) is 40.2 Å². The molecule has 0 aliphatic carbocycles. The van der Waals surface area contributed by atoms with Crippen molar-refractivity contribution >= 4 is 21.6 Å². The van der Waals surface area contributed by atoms with E-state index in [-0.39, 0.29) is 10.6 Å². The molecule has 0 N–H and O–H groups in total. The Morgan fingerprint density at radius 2 is 1.81 bits per heavy atom. The molecular formula is C12H8BrNO2. The highest BCUT2D eigenvalue weighted by Gasteiger charge is 2.13. The first kappa shape index (κ1) is 10.8. The predicted molar refractivity (Wildman–Crippen MR) is 66.2 cm³/mol. The zero-order valence-electron chi connectivity index (χ0n) is 8.26. The van der Waals surface area contributed by atoms with Gasteiger partial charge in [0, 0.05) is 10.5 Å². The molecule has 80 valence electrons. The van der Waals surface area contributed by atoms with Crippen molar-refractivity contribution in [1.29, 1.82) is 0 Å². The van der Waals surface area contributed by atoms with Gasteiger partial charge in [-0.25, -0.2) is 0 Å². The van der Waals surface area contributed by atoms with Crippen molar-refractivity contribution in [3.63, 3.8) is 0 Å². The molecule has 2 rings (SSSR count). The summed E-state index contributed by atoms with van der Waals surface area (Å²) in [5, 5.41) is 10.9. The first-order chi connectivity index (χ1) is 7.68. The van der Waals surface area contributed by atoms with E-state index >= 15 is 0 Å². The number of hydrogen-bond acceptors (Lipinski definition) is 2. The second kappa shape index (κ2) is 4.45. The summed E-state index contributed by atoms with van der Waals surface area (Å²) in [5.74, 6) is 0. The van der Waals surface area contributed by atoms with Gasteiger partial charge in [0.1, 0.15) is 0 Å². The number of nitrogens with zero attached hydrogens (tertiary/aromatic N) is 1. The lowest BCUT2D eigenvalue weighted by Gasteiger charge is -2.03. The number of benzene rings is 2. The first-order valence-corrected chi connectivity index (χ1v) is 5.47. The zero-order chi connectivity index (χ0) is 11.5. The lowest BCUT2D eigenvalue weighted by atomic mass is 10.0. The topological polar surface area (TPSA) is 43.1 Å². The van der Waals surface area contributed by atoms with Crippen molar-refractivity contribution in [1.82, 2.24) is 0 Å². The van der Waals surface area contributed by atoms with E-state index in [0.29, 0.717) is 5.56 Å². The van der Waals surface area contributed by atoms with Crippen molar-refractivity contribution in [3.05, 3.63) is 63.1 Å². The van der Waals surface area contributed by atoms with Crippen LogP contribution in [0.5, 0.6) is 0 Å². The van der Waals surface area contributed by atoms with Crippen molar-refractivity contribution in [2.24, 2.45) is 0 Å². The van der Waals surface area contributed by atoms with Crippen LogP contribution >= 0.6 is 15.9 Å². The maximum Gasteiger partial charge on any atom is 0.277 e.